The van der Waals surface area contributed by atoms with Gasteiger partial charge in [0, 0.05) is 58.9 Å². The van der Waals surface area contributed by atoms with E-state index in [1.54, 1.807) is 0 Å². The average molecular weight is 537 g/mol. The fourth-order valence-electron chi connectivity index (χ4n) is 4.47. The SMILES string of the molecule is CN=C(NCC1CCCN(C(=O)OC(C)(C)C)C1)N1CCC(N2CCOCC2)C1.I. The number of guanidine groups is 1. The molecule has 0 spiro atoms. The topological polar surface area (TPSA) is 69.6 Å². The van der Waals surface area contributed by atoms with Crippen LogP contribution in [0.15, 0.2) is 4.99 Å². The van der Waals surface area contributed by atoms with E-state index < -0.39 is 5.60 Å². The normalized spacial score (nSPS) is 26.3. The van der Waals surface area contributed by atoms with Crippen LogP contribution in [0.25, 0.3) is 0 Å². The third kappa shape index (κ3) is 7.40. The number of halogens is 1. The van der Waals surface area contributed by atoms with Crippen molar-refractivity contribution in [3.63, 3.8) is 0 Å². The predicted octanol–water partition coefficient (Wildman–Crippen LogP) is 2.23. The van der Waals surface area contributed by atoms with Gasteiger partial charge in [-0.15, -0.1) is 24.0 Å². The molecule has 8 nitrogen and oxygen atoms in total. The van der Waals surface area contributed by atoms with E-state index >= 15 is 0 Å². The summed E-state index contributed by atoms with van der Waals surface area (Å²) in [4.78, 5) is 23.7. The molecule has 1 amide bonds. The Kier molecular flexibility index (Phi) is 9.93. The predicted molar refractivity (Wildman–Crippen MR) is 130 cm³/mol. The van der Waals surface area contributed by atoms with E-state index in [1.807, 2.05) is 32.7 Å². The Morgan fingerprint density at radius 3 is 2.50 bits per heavy atom. The molecule has 2 atom stereocenters. The zero-order valence-electron chi connectivity index (χ0n) is 19.1. The molecule has 0 aromatic heterocycles. The Bertz CT molecular complexity index is 577. The Balaban J connectivity index is 0.00000320. The molecule has 0 saturated carbocycles. The minimum atomic E-state index is -0.447. The zero-order chi connectivity index (χ0) is 20.9. The van der Waals surface area contributed by atoms with E-state index in [4.69, 9.17) is 9.47 Å². The molecule has 0 bridgehead atoms. The van der Waals surface area contributed by atoms with Gasteiger partial charge >= 0.3 is 6.09 Å². The van der Waals surface area contributed by atoms with E-state index in [2.05, 4.69) is 20.1 Å². The van der Waals surface area contributed by atoms with Gasteiger partial charge in [-0.05, 0) is 46.0 Å². The molecule has 1 N–H and O–H groups in total. The molecular formula is C21H40IN5O3. The lowest BCUT2D eigenvalue weighted by Gasteiger charge is -2.35. The summed E-state index contributed by atoms with van der Waals surface area (Å²) >= 11 is 0. The number of hydrogen-bond donors (Lipinski definition) is 1. The number of carbonyl (C=O) groups is 1. The highest BCUT2D eigenvalue weighted by Crippen LogP contribution is 2.20. The number of hydrogen-bond acceptors (Lipinski definition) is 5. The van der Waals surface area contributed by atoms with E-state index in [0.717, 1.165) is 77.8 Å². The van der Waals surface area contributed by atoms with Crippen molar-refractivity contribution in [3.8, 4) is 0 Å². The molecular weight excluding hydrogens is 497 g/mol. The van der Waals surface area contributed by atoms with Crippen LogP contribution in [0.5, 0.6) is 0 Å². The van der Waals surface area contributed by atoms with Crippen molar-refractivity contribution in [1.82, 2.24) is 20.0 Å². The summed E-state index contributed by atoms with van der Waals surface area (Å²) in [6.07, 6.45) is 3.13. The number of likely N-dealkylation sites (tertiary alicyclic amines) is 2. The molecule has 2 unspecified atom stereocenters. The highest BCUT2D eigenvalue weighted by Gasteiger charge is 2.31. The maximum absolute atomic E-state index is 12.4. The van der Waals surface area contributed by atoms with Gasteiger partial charge in [0.15, 0.2) is 5.96 Å². The van der Waals surface area contributed by atoms with Gasteiger partial charge in [0.05, 0.1) is 13.2 Å². The van der Waals surface area contributed by atoms with Crippen molar-refractivity contribution < 1.29 is 14.3 Å². The number of morpholine rings is 1. The Morgan fingerprint density at radius 2 is 1.83 bits per heavy atom. The number of ether oxygens (including phenoxy) is 2. The minimum absolute atomic E-state index is 0. The number of rotatable bonds is 3. The highest BCUT2D eigenvalue weighted by molar-refractivity contribution is 14.0. The van der Waals surface area contributed by atoms with Crippen molar-refractivity contribution >= 4 is 36.0 Å². The molecule has 3 heterocycles. The number of nitrogens with one attached hydrogen (secondary N) is 1. The summed E-state index contributed by atoms with van der Waals surface area (Å²) < 4.78 is 11.0. The summed E-state index contributed by atoms with van der Waals surface area (Å²) in [5, 5.41) is 3.57. The van der Waals surface area contributed by atoms with Gasteiger partial charge in [-0.3, -0.25) is 9.89 Å². The first-order valence-electron chi connectivity index (χ1n) is 11.1. The molecule has 30 heavy (non-hydrogen) atoms. The van der Waals surface area contributed by atoms with Crippen LogP contribution < -0.4 is 5.32 Å². The van der Waals surface area contributed by atoms with Crippen LogP contribution in [0.4, 0.5) is 4.79 Å². The third-order valence-electron chi connectivity index (χ3n) is 5.96. The molecule has 0 radical (unpaired) electrons. The lowest BCUT2D eigenvalue weighted by Crippen LogP contribution is -2.49. The highest BCUT2D eigenvalue weighted by atomic mass is 127. The molecule has 0 aromatic rings. The van der Waals surface area contributed by atoms with Gasteiger partial charge in [-0.1, -0.05) is 0 Å². The van der Waals surface area contributed by atoms with Gasteiger partial charge in [0.2, 0.25) is 0 Å². The molecule has 174 valence electrons. The zero-order valence-corrected chi connectivity index (χ0v) is 21.4. The number of nitrogens with zero attached hydrogens (tertiary/aromatic N) is 4. The summed E-state index contributed by atoms with van der Waals surface area (Å²) in [5.74, 6) is 1.40. The second-order valence-electron chi connectivity index (χ2n) is 9.40. The third-order valence-corrected chi connectivity index (χ3v) is 5.96. The number of piperidine rings is 1. The van der Waals surface area contributed by atoms with Crippen LogP contribution in [0, 0.1) is 5.92 Å². The summed E-state index contributed by atoms with van der Waals surface area (Å²) in [6, 6.07) is 0.592. The first-order chi connectivity index (χ1) is 13.9. The summed E-state index contributed by atoms with van der Waals surface area (Å²) in [7, 11) is 1.86. The van der Waals surface area contributed by atoms with Crippen LogP contribution in [0.3, 0.4) is 0 Å². The fraction of sp³-hybridized carbons (Fsp3) is 0.905. The standard InChI is InChI=1S/C21H39N5O3.HI/c1-21(2,3)29-20(27)26-8-5-6-17(15-26)14-23-19(22-4)25-9-7-18(16-25)24-10-12-28-13-11-24;/h17-18H,5-16H2,1-4H3,(H,22,23);1H. The molecule has 3 aliphatic heterocycles. The fourth-order valence-corrected chi connectivity index (χ4v) is 4.47. The second kappa shape index (κ2) is 11.7. The average Bonchev–Trinajstić information content (AvgIpc) is 3.18. The van der Waals surface area contributed by atoms with Gasteiger partial charge in [0.25, 0.3) is 0 Å². The van der Waals surface area contributed by atoms with Gasteiger partial charge in [0.1, 0.15) is 5.60 Å². The second-order valence-corrected chi connectivity index (χ2v) is 9.40. The van der Waals surface area contributed by atoms with Crippen molar-refractivity contribution in [2.24, 2.45) is 10.9 Å². The van der Waals surface area contributed by atoms with Crippen molar-refractivity contribution in [1.29, 1.82) is 0 Å². The van der Waals surface area contributed by atoms with Gasteiger partial charge < -0.3 is 24.6 Å². The molecule has 3 fully saturated rings. The smallest absolute Gasteiger partial charge is 0.410 e. The minimum Gasteiger partial charge on any atom is -0.444 e. The van der Waals surface area contributed by atoms with Crippen LogP contribution >= 0.6 is 24.0 Å². The largest absolute Gasteiger partial charge is 0.444 e. The molecule has 3 saturated heterocycles. The molecule has 3 rings (SSSR count). The first kappa shape index (κ1) is 25.5. The van der Waals surface area contributed by atoms with Gasteiger partial charge in [-0.2, -0.15) is 0 Å². The Labute approximate surface area is 198 Å². The number of aliphatic imine (C=N–C) groups is 1. The van der Waals surface area contributed by atoms with Crippen LogP contribution in [0.1, 0.15) is 40.0 Å². The molecule has 0 aliphatic carbocycles. The van der Waals surface area contributed by atoms with E-state index in [1.165, 1.54) is 6.42 Å². The number of amides is 1. The van der Waals surface area contributed by atoms with Crippen molar-refractivity contribution in [3.05, 3.63) is 0 Å². The summed E-state index contributed by atoms with van der Waals surface area (Å²) in [6.45, 7) is 13.9. The lowest BCUT2D eigenvalue weighted by atomic mass is 9.98. The van der Waals surface area contributed by atoms with E-state index in [0.29, 0.717) is 12.0 Å². The number of carbonyl (C=O) groups excluding carboxylic acids is 1. The molecule has 9 heteroatoms. The Morgan fingerprint density at radius 1 is 1.10 bits per heavy atom. The van der Waals surface area contributed by atoms with Crippen LogP contribution in [-0.2, 0) is 9.47 Å². The van der Waals surface area contributed by atoms with E-state index in [-0.39, 0.29) is 30.1 Å². The monoisotopic (exact) mass is 537 g/mol. The maximum atomic E-state index is 12.4. The first-order valence-corrected chi connectivity index (χ1v) is 11.1. The van der Waals surface area contributed by atoms with Crippen molar-refractivity contribution in [2.75, 3.05) is 66.1 Å². The van der Waals surface area contributed by atoms with Gasteiger partial charge in [-0.25, -0.2) is 4.79 Å². The van der Waals surface area contributed by atoms with E-state index in [9.17, 15) is 4.79 Å². The quantitative estimate of drug-likeness (QED) is 0.339. The Hall–Kier alpha value is -0.810. The van der Waals surface area contributed by atoms with Crippen LogP contribution in [-0.4, -0.2) is 104 Å². The summed E-state index contributed by atoms with van der Waals surface area (Å²) in [5.41, 5.74) is -0.447. The molecule has 0 aromatic carbocycles. The lowest BCUT2D eigenvalue weighted by molar-refractivity contribution is 0.0168. The molecule has 3 aliphatic rings. The van der Waals surface area contributed by atoms with Crippen molar-refractivity contribution in [2.45, 2.75) is 51.7 Å². The maximum Gasteiger partial charge on any atom is 0.410 e. The van der Waals surface area contributed by atoms with Crippen LogP contribution in [0.2, 0.25) is 0 Å².